The molecule has 0 saturated heterocycles. The zero-order valence-corrected chi connectivity index (χ0v) is 13.6. The van der Waals surface area contributed by atoms with Gasteiger partial charge in [-0.1, -0.05) is 6.08 Å². The zero-order chi connectivity index (χ0) is 15.2. The maximum Gasteiger partial charge on any atom is 0.309 e. The van der Waals surface area contributed by atoms with Crippen molar-refractivity contribution in [3.05, 3.63) is 23.2 Å². The number of thiazole rings is 1. The molecule has 1 aliphatic rings. The minimum Gasteiger partial charge on any atom is -0.466 e. The Kier molecular flexibility index (Phi) is 5.69. The third-order valence-electron chi connectivity index (χ3n) is 3.19. The van der Waals surface area contributed by atoms with Crippen molar-refractivity contribution in [1.82, 2.24) is 10.3 Å². The maximum atomic E-state index is 11.8. The van der Waals surface area contributed by atoms with Crippen LogP contribution in [-0.4, -0.2) is 29.2 Å². The Balaban J connectivity index is 1.97. The van der Waals surface area contributed by atoms with Crippen molar-refractivity contribution in [3.63, 3.8) is 0 Å². The third-order valence-corrected chi connectivity index (χ3v) is 4.47. The van der Waals surface area contributed by atoms with Crippen molar-refractivity contribution < 1.29 is 9.53 Å². The van der Waals surface area contributed by atoms with Crippen molar-refractivity contribution in [2.24, 2.45) is 5.92 Å². The van der Waals surface area contributed by atoms with E-state index >= 15 is 0 Å². The number of aromatic nitrogens is 1. The predicted molar refractivity (Wildman–Crippen MR) is 88.7 cm³/mol. The van der Waals surface area contributed by atoms with Crippen LogP contribution >= 0.6 is 23.6 Å². The molecule has 0 bridgehead atoms. The first-order valence-electron chi connectivity index (χ1n) is 6.95. The average molecular weight is 325 g/mol. The van der Waals surface area contributed by atoms with Crippen LogP contribution < -0.4 is 10.6 Å². The molecule has 2 rings (SSSR count). The average Bonchev–Trinajstić information content (AvgIpc) is 2.86. The molecule has 1 heterocycles. The highest BCUT2D eigenvalue weighted by molar-refractivity contribution is 7.80. The molecule has 0 amide bonds. The van der Waals surface area contributed by atoms with Gasteiger partial charge in [0.2, 0.25) is 0 Å². The number of nitrogens with zero attached hydrogens (tertiary/aromatic N) is 1. The molecule has 5 nitrogen and oxygen atoms in total. The van der Waals surface area contributed by atoms with E-state index in [1.54, 1.807) is 17.4 Å². The molecule has 1 aromatic heterocycles. The lowest BCUT2D eigenvalue weighted by Crippen LogP contribution is -2.28. The molecule has 1 unspecified atom stereocenters. The van der Waals surface area contributed by atoms with Gasteiger partial charge in [-0.15, -0.1) is 17.9 Å². The molecular formula is C14H19N3O2S2. The number of carbonyl (C=O) groups excluding carboxylic acids is 1. The number of hydrogen-bond acceptors (Lipinski definition) is 5. The van der Waals surface area contributed by atoms with Gasteiger partial charge in [0.25, 0.3) is 0 Å². The Hall–Kier alpha value is -1.47. The van der Waals surface area contributed by atoms with Crippen molar-refractivity contribution in [1.29, 1.82) is 0 Å². The lowest BCUT2D eigenvalue weighted by Gasteiger charge is -2.18. The SMILES string of the molecule is C=CCNC(=S)Nc1nc2c(s1)CC(C(=O)OCC)CC2. The topological polar surface area (TPSA) is 63.2 Å². The number of aryl methyl sites for hydroxylation is 1. The Morgan fingerprint density at radius 2 is 2.48 bits per heavy atom. The monoisotopic (exact) mass is 325 g/mol. The summed E-state index contributed by atoms with van der Waals surface area (Å²) >= 11 is 6.72. The molecule has 0 radical (unpaired) electrons. The molecule has 114 valence electrons. The number of nitrogens with one attached hydrogen (secondary N) is 2. The lowest BCUT2D eigenvalue weighted by molar-refractivity contribution is -0.148. The van der Waals surface area contributed by atoms with Crippen LogP contribution in [0.15, 0.2) is 12.7 Å². The van der Waals surface area contributed by atoms with E-state index in [0.717, 1.165) is 28.5 Å². The van der Waals surface area contributed by atoms with Crippen molar-refractivity contribution in [2.45, 2.75) is 26.2 Å². The number of esters is 1. The van der Waals surface area contributed by atoms with Gasteiger partial charge in [0, 0.05) is 11.4 Å². The quantitative estimate of drug-likeness (QED) is 0.492. The minimum atomic E-state index is -0.103. The lowest BCUT2D eigenvalue weighted by atomic mass is 9.91. The summed E-state index contributed by atoms with van der Waals surface area (Å²) in [7, 11) is 0. The summed E-state index contributed by atoms with van der Waals surface area (Å²) < 4.78 is 5.10. The van der Waals surface area contributed by atoms with Crippen LogP contribution in [0.5, 0.6) is 0 Å². The molecule has 1 aromatic rings. The smallest absolute Gasteiger partial charge is 0.309 e. The van der Waals surface area contributed by atoms with Gasteiger partial charge in [-0.2, -0.15) is 0 Å². The van der Waals surface area contributed by atoms with E-state index in [1.165, 1.54) is 0 Å². The number of ether oxygens (including phenoxy) is 1. The molecule has 0 saturated carbocycles. The highest BCUT2D eigenvalue weighted by atomic mass is 32.1. The minimum absolute atomic E-state index is 0.0448. The fourth-order valence-electron chi connectivity index (χ4n) is 2.20. The molecule has 0 spiro atoms. The summed E-state index contributed by atoms with van der Waals surface area (Å²) in [5.74, 6) is -0.147. The van der Waals surface area contributed by atoms with Gasteiger partial charge in [-0.05, 0) is 38.4 Å². The number of hydrogen-bond donors (Lipinski definition) is 2. The Bertz CT molecular complexity index is 542. The zero-order valence-electron chi connectivity index (χ0n) is 12.0. The summed E-state index contributed by atoms with van der Waals surface area (Å²) in [5, 5.41) is 7.37. The number of fused-ring (bicyclic) bond motifs is 1. The van der Waals surface area contributed by atoms with Gasteiger partial charge in [0.05, 0.1) is 18.2 Å². The highest BCUT2D eigenvalue weighted by Gasteiger charge is 2.28. The summed E-state index contributed by atoms with van der Waals surface area (Å²) in [5.41, 5.74) is 1.06. The Morgan fingerprint density at radius 1 is 1.67 bits per heavy atom. The summed E-state index contributed by atoms with van der Waals surface area (Å²) in [6, 6.07) is 0. The number of carbonyl (C=O) groups is 1. The van der Waals surface area contributed by atoms with Gasteiger partial charge in [-0.25, -0.2) is 4.98 Å². The van der Waals surface area contributed by atoms with Crippen LogP contribution in [0.2, 0.25) is 0 Å². The van der Waals surface area contributed by atoms with Crippen molar-refractivity contribution in [3.8, 4) is 0 Å². The normalized spacial score (nSPS) is 16.7. The Morgan fingerprint density at radius 3 is 3.19 bits per heavy atom. The molecule has 0 aromatic carbocycles. The van der Waals surface area contributed by atoms with Gasteiger partial charge < -0.3 is 15.4 Å². The molecule has 1 atom stereocenters. The maximum absolute atomic E-state index is 11.8. The summed E-state index contributed by atoms with van der Waals surface area (Å²) in [4.78, 5) is 17.5. The van der Waals surface area contributed by atoms with Gasteiger partial charge in [-0.3, -0.25) is 4.79 Å². The van der Waals surface area contributed by atoms with Crippen molar-refractivity contribution >= 4 is 39.8 Å². The second-order valence-electron chi connectivity index (χ2n) is 4.70. The second-order valence-corrected chi connectivity index (χ2v) is 6.20. The molecule has 1 aliphatic carbocycles. The summed E-state index contributed by atoms with van der Waals surface area (Å²) in [6.07, 6.45) is 4.06. The van der Waals surface area contributed by atoms with Crippen LogP contribution in [0, 0.1) is 5.92 Å². The third kappa shape index (κ3) is 4.25. The summed E-state index contributed by atoms with van der Waals surface area (Å²) in [6.45, 7) is 6.50. The van der Waals surface area contributed by atoms with Crippen LogP contribution in [-0.2, 0) is 22.4 Å². The Labute approximate surface area is 133 Å². The first-order chi connectivity index (χ1) is 10.1. The number of rotatable bonds is 5. The highest BCUT2D eigenvalue weighted by Crippen LogP contribution is 2.32. The first-order valence-corrected chi connectivity index (χ1v) is 8.17. The molecule has 0 aliphatic heterocycles. The molecular weight excluding hydrogens is 306 g/mol. The van der Waals surface area contributed by atoms with Crippen LogP contribution in [0.1, 0.15) is 23.9 Å². The van der Waals surface area contributed by atoms with Crippen LogP contribution in [0.25, 0.3) is 0 Å². The first kappa shape index (κ1) is 15.9. The largest absolute Gasteiger partial charge is 0.466 e. The molecule has 0 fully saturated rings. The van der Waals surface area contributed by atoms with E-state index < -0.39 is 0 Å². The van der Waals surface area contributed by atoms with Crippen molar-refractivity contribution in [2.75, 3.05) is 18.5 Å². The van der Waals surface area contributed by atoms with E-state index in [0.29, 0.717) is 24.7 Å². The van der Waals surface area contributed by atoms with E-state index in [2.05, 4.69) is 22.2 Å². The standard InChI is InChI=1S/C14H19N3O2S2/c1-3-7-15-13(20)17-14-16-10-6-5-9(8-11(10)21-14)12(18)19-4-2/h3,9H,1,4-8H2,2H3,(H2,15,16,17,20). The second kappa shape index (κ2) is 7.51. The number of anilines is 1. The fraction of sp³-hybridized carbons (Fsp3) is 0.500. The van der Waals surface area contributed by atoms with E-state index in [4.69, 9.17) is 17.0 Å². The van der Waals surface area contributed by atoms with Gasteiger partial charge >= 0.3 is 5.97 Å². The number of thiocarbonyl (C=S) groups is 1. The molecule has 2 N–H and O–H groups in total. The van der Waals surface area contributed by atoms with Crippen LogP contribution in [0.4, 0.5) is 5.13 Å². The van der Waals surface area contributed by atoms with E-state index in [1.807, 2.05) is 6.92 Å². The molecule has 7 heteroatoms. The van der Waals surface area contributed by atoms with Crippen LogP contribution in [0.3, 0.4) is 0 Å². The van der Waals surface area contributed by atoms with E-state index in [9.17, 15) is 4.79 Å². The van der Waals surface area contributed by atoms with Gasteiger partial charge in [0.15, 0.2) is 10.2 Å². The fourth-order valence-corrected chi connectivity index (χ4v) is 3.53. The molecule has 21 heavy (non-hydrogen) atoms. The predicted octanol–water partition coefficient (Wildman–Crippen LogP) is 2.28. The van der Waals surface area contributed by atoms with E-state index in [-0.39, 0.29) is 11.9 Å². The van der Waals surface area contributed by atoms with Gasteiger partial charge in [0.1, 0.15) is 0 Å².